The highest BCUT2D eigenvalue weighted by atomic mass is 16.3. The van der Waals surface area contributed by atoms with Crippen LogP contribution >= 0.6 is 0 Å². The minimum atomic E-state index is -1.38. The van der Waals surface area contributed by atoms with E-state index in [9.17, 15) is 9.59 Å². The van der Waals surface area contributed by atoms with E-state index in [2.05, 4.69) is 5.32 Å². The van der Waals surface area contributed by atoms with Gasteiger partial charge in [0.2, 0.25) is 6.23 Å². The Balaban J connectivity index is 2.92. The van der Waals surface area contributed by atoms with E-state index in [1.807, 2.05) is 0 Å². The lowest BCUT2D eigenvalue weighted by Gasteiger charge is -2.28. The molecule has 1 unspecified atom stereocenters. The maximum Gasteiger partial charge on any atom is 0.327 e. The minimum absolute atomic E-state index is 0.542. The van der Waals surface area contributed by atoms with Gasteiger partial charge in [-0.25, -0.2) is 4.79 Å². The molecule has 2 N–H and O–H groups in total. The number of nitrogens with zero attached hydrogens (tertiary/aromatic N) is 1. The number of aliphatic hydroxyl groups excluding tert-OH is 1. The Bertz CT molecular complexity index is 231. The predicted octanol–water partition coefficient (Wildman–Crippen LogP) is -0.345. The molecule has 1 saturated heterocycles. The number of hydrogen-bond donors (Lipinski definition) is 2. The Hall–Kier alpha value is -1.10. The van der Waals surface area contributed by atoms with Crippen LogP contribution in [0.2, 0.25) is 0 Å². The number of imide groups is 1. The summed E-state index contributed by atoms with van der Waals surface area (Å²) in [6.07, 6.45) is -1.38. The number of aliphatic hydroxyl groups is 1. The van der Waals surface area contributed by atoms with Gasteiger partial charge in [0.05, 0.1) is 0 Å². The maximum atomic E-state index is 11.2. The molecule has 0 spiro atoms. The smallest absolute Gasteiger partial charge is 0.327 e. The van der Waals surface area contributed by atoms with Crippen LogP contribution < -0.4 is 5.32 Å². The van der Waals surface area contributed by atoms with Gasteiger partial charge < -0.3 is 10.4 Å². The van der Waals surface area contributed by atoms with E-state index >= 15 is 0 Å². The zero-order valence-electron chi connectivity index (χ0n) is 7.29. The normalized spacial score (nSPS) is 24.7. The molecular formula is C7H12N2O3. The van der Waals surface area contributed by atoms with Crippen molar-refractivity contribution >= 4 is 11.9 Å². The van der Waals surface area contributed by atoms with Gasteiger partial charge in [-0.3, -0.25) is 9.69 Å². The van der Waals surface area contributed by atoms with Gasteiger partial charge in [-0.2, -0.15) is 0 Å². The molecule has 12 heavy (non-hydrogen) atoms. The van der Waals surface area contributed by atoms with Crippen molar-refractivity contribution < 1.29 is 14.7 Å². The van der Waals surface area contributed by atoms with E-state index in [-0.39, 0.29) is 0 Å². The summed E-state index contributed by atoms with van der Waals surface area (Å²) in [6, 6.07) is -0.542. The van der Waals surface area contributed by atoms with E-state index in [0.29, 0.717) is 0 Å². The monoisotopic (exact) mass is 172 g/mol. The van der Waals surface area contributed by atoms with Crippen LogP contribution in [0.15, 0.2) is 0 Å². The fraction of sp³-hybridized carbons (Fsp3) is 0.714. The third kappa shape index (κ3) is 1.27. The standard InChI is InChI=1S/C7H12N2O3/c1-7(2,3)9-5(11)4(10)8-6(9)12/h4,10H,1-3H3,(H,8,12). The molecule has 68 valence electrons. The van der Waals surface area contributed by atoms with Crippen LogP contribution in [0.4, 0.5) is 4.79 Å². The van der Waals surface area contributed by atoms with E-state index in [4.69, 9.17) is 5.11 Å². The summed E-state index contributed by atoms with van der Waals surface area (Å²) in [6.45, 7) is 5.17. The molecule has 0 aliphatic carbocycles. The fourth-order valence-corrected chi connectivity index (χ4v) is 1.10. The number of rotatable bonds is 0. The van der Waals surface area contributed by atoms with Crippen molar-refractivity contribution in [3.05, 3.63) is 0 Å². The summed E-state index contributed by atoms with van der Waals surface area (Å²) >= 11 is 0. The number of nitrogens with one attached hydrogen (secondary N) is 1. The third-order valence-corrected chi connectivity index (χ3v) is 1.59. The second kappa shape index (κ2) is 2.45. The summed E-state index contributed by atoms with van der Waals surface area (Å²) < 4.78 is 0. The molecule has 0 aromatic rings. The Morgan fingerprint density at radius 1 is 1.42 bits per heavy atom. The van der Waals surface area contributed by atoms with E-state index in [0.717, 1.165) is 4.90 Å². The first-order valence-electron chi connectivity index (χ1n) is 3.66. The molecule has 0 radical (unpaired) electrons. The number of hydrogen-bond acceptors (Lipinski definition) is 3. The van der Waals surface area contributed by atoms with Crippen LogP contribution in [0.5, 0.6) is 0 Å². The van der Waals surface area contributed by atoms with Gasteiger partial charge in [0, 0.05) is 5.54 Å². The molecule has 1 atom stereocenters. The fourth-order valence-electron chi connectivity index (χ4n) is 1.10. The molecule has 3 amide bonds. The lowest BCUT2D eigenvalue weighted by molar-refractivity contribution is -0.136. The molecular weight excluding hydrogens is 160 g/mol. The van der Waals surface area contributed by atoms with Crippen LogP contribution in [0, 0.1) is 0 Å². The van der Waals surface area contributed by atoms with Crippen LogP contribution in [0.1, 0.15) is 20.8 Å². The minimum Gasteiger partial charge on any atom is -0.365 e. The molecule has 0 bridgehead atoms. The van der Waals surface area contributed by atoms with Crippen molar-refractivity contribution in [2.45, 2.75) is 32.5 Å². The molecule has 1 heterocycles. The number of amides is 3. The van der Waals surface area contributed by atoms with Crippen molar-refractivity contribution in [2.24, 2.45) is 0 Å². The maximum absolute atomic E-state index is 11.2. The largest absolute Gasteiger partial charge is 0.365 e. The Morgan fingerprint density at radius 3 is 2.08 bits per heavy atom. The summed E-state index contributed by atoms with van der Waals surface area (Å²) in [5.74, 6) is -0.590. The molecule has 1 aliphatic heterocycles. The summed E-state index contributed by atoms with van der Waals surface area (Å²) in [5.41, 5.74) is -0.585. The third-order valence-electron chi connectivity index (χ3n) is 1.59. The molecule has 0 saturated carbocycles. The van der Waals surface area contributed by atoms with E-state index < -0.39 is 23.7 Å². The second-order valence-corrected chi connectivity index (χ2v) is 3.70. The topological polar surface area (TPSA) is 69.6 Å². The summed E-state index contributed by atoms with van der Waals surface area (Å²) in [5, 5.41) is 11.1. The Morgan fingerprint density at radius 2 is 1.92 bits per heavy atom. The highest BCUT2D eigenvalue weighted by Crippen LogP contribution is 2.18. The molecule has 1 aliphatic rings. The Kier molecular flexibility index (Phi) is 1.83. The van der Waals surface area contributed by atoms with E-state index in [1.54, 1.807) is 20.8 Å². The first kappa shape index (κ1) is 8.99. The average Bonchev–Trinajstić information content (AvgIpc) is 2.05. The zero-order chi connectivity index (χ0) is 9.52. The van der Waals surface area contributed by atoms with Crippen LogP contribution in [0.3, 0.4) is 0 Å². The molecule has 0 aromatic carbocycles. The van der Waals surface area contributed by atoms with Crippen molar-refractivity contribution in [3.63, 3.8) is 0 Å². The van der Waals surface area contributed by atoms with E-state index in [1.165, 1.54) is 0 Å². The van der Waals surface area contributed by atoms with Crippen molar-refractivity contribution in [2.75, 3.05) is 0 Å². The SMILES string of the molecule is CC(C)(C)N1C(=O)NC(O)C1=O. The molecule has 5 nitrogen and oxygen atoms in total. The van der Waals surface area contributed by atoms with Crippen molar-refractivity contribution in [1.29, 1.82) is 0 Å². The van der Waals surface area contributed by atoms with Gasteiger partial charge in [-0.1, -0.05) is 0 Å². The van der Waals surface area contributed by atoms with Crippen molar-refractivity contribution in [3.8, 4) is 0 Å². The van der Waals surface area contributed by atoms with Crippen molar-refractivity contribution in [1.82, 2.24) is 10.2 Å². The predicted molar refractivity (Wildman–Crippen MR) is 41.1 cm³/mol. The summed E-state index contributed by atoms with van der Waals surface area (Å²) in [7, 11) is 0. The van der Waals surface area contributed by atoms with Gasteiger partial charge >= 0.3 is 6.03 Å². The first-order valence-corrected chi connectivity index (χ1v) is 3.66. The average molecular weight is 172 g/mol. The number of carbonyl (C=O) groups is 2. The van der Waals surface area contributed by atoms with Crippen LogP contribution in [-0.4, -0.2) is 33.7 Å². The van der Waals surface area contributed by atoms with Gasteiger partial charge in [-0.15, -0.1) is 0 Å². The number of carbonyl (C=O) groups excluding carboxylic acids is 2. The first-order chi connectivity index (χ1) is 5.34. The number of urea groups is 1. The molecule has 0 aromatic heterocycles. The lowest BCUT2D eigenvalue weighted by atomic mass is 10.1. The van der Waals surface area contributed by atoms with Gasteiger partial charge in [0.15, 0.2) is 0 Å². The second-order valence-electron chi connectivity index (χ2n) is 3.70. The van der Waals surface area contributed by atoms with Crippen LogP contribution in [-0.2, 0) is 4.79 Å². The zero-order valence-corrected chi connectivity index (χ0v) is 7.29. The van der Waals surface area contributed by atoms with Gasteiger partial charge in [-0.05, 0) is 20.8 Å². The molecule has 1 rings (SSSR count). The lowest BCUT2D eigenvalue weighted by Crippen LogP contribution is -2.46. The highest BCUT2D eigenvalue weighted by molar-refractivity contribution is 6.03. The van der Waals surface area contributed by atoms with Gasteiger partial charge in [0.1, 0.15) is 0 Å². The van der Waals surface area contributed by atoms with Gasteiger partial charge in [0.25, 0.3) is 5.91 Å². The summed E-state index contributed by atoms with van der Waals surface area (Å²) in [4.78, 5) is 23.2. The molecule has 5 heteroatoms. The quantitative estimate of drug-likeness (QED) is 0.491. The molecule has 1 fully saturated rings. The Labute approximate surface area is 70.4 Å². The highest BCUT2D eigenvalue weighted by Gasteiger charge is 2.42. The van der Waals surface area contributed by atoms with Crippen LogP contribution in [0.25, 0.3) is 0 Å².